The smallest absolute Gasteiger partial charge is 0.253 e. The zero-order valence-electron chi connectivity index (χ0n) is 17.7. The van der Waals surface area contributed by atoms with E-state index in [1.54, 1.807) is 35.2 Å². The lowest BCUT2D eigenvalue weighted by Gasteiger charge is -2.34. The zero-order valence-corrected chi connectivity index (χ0v) is 18.5. The number of hydrogen-bond acceptors (Lipinski definition) is 8. The molecule has 2 aliphatic heterocycles. The van der Waals surface area contributed by atoms with Gasteiger partial charge in [0.25, 0.3) is 5.91 Å². The van der Waals surface area contributed by atoms with Crippen molar-refractivity contribution in [3.8, 4) is 23.0 Å². The molecule has 1 amide bonds. The van der Waals surface area contributed by atoms with E-state index in [1.165, 1.54) is 22.8 Å². The van der Waals surface area contributed by atoms with Crippen LogP contribution in [0.4, 0.5) is 0 Å². The second kappa shape index (κ2) is 8.83. The lowest BCUT2D eigenvalue weighted by molar-refractivity contribution is 0.0698. The fourth-order valence-electron chi connectivity index (χ4n) is 3.82. The molecule has 3 aromatic rings. The van der Waals surface area contributed by atoms with Crippen molar-refractivity contribution in [3.05, 3.63) is 54.4 Å². The van der Waals surface area contributed by atoms with Gasteiger partial charge in [0.15, 0.2) is 11.5 Å². The van der Waals surface area contributed by atoms with Crippen LogP contribution in [0.3, 0.4) is 0 Å². The molecule has 172 valence electrons. The molecular formula is C22H22N4O6S. The summed E-state index contributed by atoms with van der Waals surface area (Å²) in [5, 5.41) is 7.49. The molecule has 0 spiro atoms. The molecule has 0 saturated carbocycles. The average Bonchev–Trinajstić information content (AvgIpc) is 3.29. The van der Waals surface area contributed by atoms with Crippen molar-refractivity contribution in [1.29, 1.82) is 0 Å². The maximum absolute atomic E-state index is 13.2. The molecule has 33 heavy (non-hydrogen) atoms. The van der Waals surface area contributed by atoms with Crippen molar-refractivity contribution >= 4 is 15.9 Å². The van der Waals surface area contributed by atoms with Crippen LogP contribution >= 0.6 is 0 Å². The Balaban J connectivity index is 1.25. The summed E-state index contributed by atoms with van der Waals surface area (Å²) in [6.07, 6.45) is 1.99. The highest BCUT2D eigenvalue weighted by molar-refractivity contribution is 7.89. The number of ether oxygens (including phenoxy) is 2. The fourth-order valence-corrected chi connectivity index (χ4v) is 5.26. The van der Waals surface area contributed by atoms with Crippen LogP contribution in [0.1, 0.15) is 16.8 Å². The minimum Gasteiger partial charge on any atom is -0.490 e. The number of piperazine rings is 1. The lowest BCUT2D eigenvalue weighted by atomic mass is 10.1. The highest BCUT2D eigenvalue weighted by Crippen LogP contribution is 2.33. The fraction of sp³-hybridized carbons (Fsp3) is 0.318. The molecular weight excluding hydrogens is 448 g/mol. The molecule has 2 aromatic carbocycles. The summed E-state index contributed by atoms with van der Waals surface area (Å²) in [6.45, 7) is 2.04. The van der Waals surface area contributed by atoms with E-state index in [9.17, 15) is 13.2 Å². The number of sulfonamides is 1. The summed E-state index contributed by atoms with van der Waals surface area (Å²) in [6, 6.07) is 11.6. The third kappa shape index (κ3) is 4.29. The number of carbonyl (C=O) groups is 1. The molecule has 3 heterocycles. The first-order valence-electron chi connectivity index (χ1n) is 10.6. The highest BCUT2D eigenvalue weighted by atomic mass is 32.2. The first kappa shape index (κ1) is 21.4. The molecule has 0 aliphatic carbocycles. The zero-order chi connectivity index (χ0) is 22.8. The third-order valence-electron chi connectivity index (χ3n) is 5.62. The number of hydrogen-bond donors (Lipinski definition) is 0. The first-order valence-corrected chi connectivity index (χ1v) is 12.0. The average molecular weight is 471 g/mol. The van der Waals surface area contributed by atoms with Crippen molar-refractivity contribution in [1.82, 2.24) is 19.4 Å². The number of aromatic nitrogens is 2. The van der Waals surface area contributed by atoms with Gasteiger partial charge in [0.1, 0.15) is 0 Å². The minimum atomic E-state index is -3.72. The van der Waals surface area contributed by atoms with Crippen LogP contribution in [0, 0.1) is 0 Å². The predicted octanol–water partition coefficient (Wildman–Crippen LogP) is 2.04. The first-order chi connectivity index (χ1) is 16.0. The Morgan fingerprint density at radius 3 is 2.33 bits per heavy atom. The van der Waals surface area contributed by atoms with Crippen LogP contribution in [0.5, 0.6) is 11.5 Å². The van der Waals surface area contributed by atoms with Crippen LogP contribution in [0.25, 0.3) is 11.5 Å². The summed E-state index contributed by atoms with van der Waals surface area (Å²) in [5.41, 5.74) is 1.23. The molecule has 10 nitrogen and oxygen atoms in total. The maximum Gasteiger partial charge on any atom is 0.253 e. The largest absolute Gasteiger partial charge is 0.490 e. The summed E-state index contributed by atoms with van der Waals surface area (Å²) in [4.78, 5) is 14.7. The molecule has 1 fully saturated rings. The number of benzene rings is 2. The maximum atomic E-state index is 13.2. The van der Waals surface area contributed by atoms with Crippen molar-refractivity contribution in [3.63, 3.8) is 0 Å². The van der Waals surface area contributed by atoms with Crippen molar-refractivity contribution in [2.45, 2.75) is 11.3 Å². The SMILES string of the molecule is O=C(c1ccc(-c2nnco2)cc1)N1CCN(S(=O)(=O)c2ccc3c(c2)OCCCO3)CC1. The van der Waals surface area contributed by atoms with Gasteiger partial charge < -0.3 is 18.8 Å². The van der Waals surface area contributed by atoms with Gasteiger partial charge in [-0.2, -0.15) is 4.31 Å². The molecule has 1 aromatic heterocycles. The van der Waals surface area contributed by atoms with Gasteiger partial charge >= 0.3 is 0 Å². The molecule has 2 aliphatic rings. The number of rotatable bonds is 4. The van der Waals surface area contributed by atoms with E-state index in [0.717, 1.165) is 12.0 Å². The summed E-state index contributed by atoms with van der Waals surface area (Å²) < 4.78 is 44.1. The molecule has 11 heteroatoms. The van der Waals surface area contributed by atoms with Crippen LogP contribution in [-0.2, 0) is 10.0 Å². The van der Waals surface area contributed by atoms with E-state index < -0.39 is 10.0 Å². The molecule has 0 radical (unpaired) electrons. The number of amides is 1. The molecule has 0 atom stereocenters. The van der Waals surface area contributed by atoms with Crippen LogP contribution < -0.4 is 9.47 Å². The van der Waals surface area contributed by atoms with Crippen molar-refractivity contribution in [2.75, 3.05) is 39.4 Å². The quantitative estimate of drug-likeness (QED) is 0.569. The van der Waals surface area contributed by atoms with Crippen LogP contribution in [0.15, 0.2) is 58.2 Å². The Labute approximate surface area is 190 Å². The summed E-state index contributed by atoms with van der Waals surface area (Å²) in [7, 11) is -3.72. The van der Waals surface area contributed by atoms with Crippen molar-refractivity contribution in [2.24, 2.45) is 0 Å². The number of carbonyl (C=O) groups excluding carboxylic acids is 1. The van der Waals surface area contributed by atoms with E-state index in [-0.39, 0.29) is 23.9 Å². The van der Waals surface area contributed by atoms with Gasteiger partial charge in [-0.1, -0.05) is 0 Å². The van der Waals surface area contributed by atoms with Gasteiger partial charge in [-0.15, -0.1) is 10.2 Å². The van der Waals surface area contributed by atoms with Gasteiger partial charge in [0.2, 0.25) is 22.3 Å². The lowest BCUT2D eigenvalue weighted by Crippen LogP contribution is -2.50. The van der Waals surface area contributed by atoms with E-state index in [4.69, 9.17) is 13.9 Å². The van der Waals surface area contributed by atoms with E-state index in [1.807, 2.05) is 0 Å². The van der Waals surface area contributed by atoms with Gasteiger partial charge in [-0.3, -0.25) is 4.79 Å². The number of fused-ring (bicyclic) bond motifs is 1. The Morgan fingerprint density at radius 1 is 0.909 bits per heavy atom. The highest BCUT2D eigenvalue weighted by Gasteiger charge is 2.31. The third-order valence-corrected chi connectivity index (χ3v) is 7.52. The second-order valence-electron chi connectivity index (χ2n) is 7.68. The molecule has 0 N–H and O–H groups in total. The monoisotopic (exact) mass is 470 g/mol. The molecule has 1 saturated heterocycles. The predicted molar refractivity (Wildman–Crippen MR) is 116 cm³/mol. The standard InChI is InChI=1S/C22H22N4O6S/c27-22(17-4-2-16(3-5-17)21-24-23-15-32-21)25-8-10-26(11-9-25)33(28,29)18-6-7-19-20(14-18)31-13-1-12-30-19/h2-7,14-15H,1,8-13H2. The van der Waals surface area contributed by atoms with E-state index in [2.05, 4.69) is 10.2 Å². The topological polar surface area (TPSA) is 115 Å². The van der Waals surface area contributed by atoms with Crippen LogP contribution in [0.2, 0.25) is 0 Å². The minimum absolute atomic E-state index is 0.153. The van der Waals surface area contributed by atoms with Gasteiger partial charge in [-0.25, -0.2) is 8.42 Å². The summed E-state index contributed by atoms with van der Waals surface area (Å²) in [5.74, 6) is 1.21. The Morgan fingerprint density at radius 2 is 1.64 bits per heavy atom. The van der Waals surface area contributed by atoms with E-state index in [0.29, 0.717) is 49.3 Å². The van der Waals surface area contributed by atoms with Gasteiger partial charge in [0.05, 0.1) is 18.1 Å². The molecule has 0 bridgehead atoms. The Kier molecular flexibility index (Phi) is 5.73. The van der Waals surface area contributed by atoms with Gasteiger partial charge in [-0.05, 0) is 36.4 Å². The molecule has 5 rings (SSSR count). The normalized spacial score (nSPS) is 16.9. The second-order valence-corrected chi connectivity index (χ2v) is 9.61. The molecule has 0 unspecified atom stereocenters. The van der Waals surface area contributed by atoms with E-state index >= 15 is 0 Å². The van der Waals surface area contributed by atoms with Gasteiger partial charge in [0, 0.05) is 49.8 Å². The Hall–Kier alpha value is -3.44. The Bertz CT molecular complexity index is 1240. The summed E-state index contributed by atoms with van der Waals surface area (Å²) >= 11 is 0. The van der Waals surface area contributed by atoms with Crippen LogP contribution in [-0.4, -0.2) is 73.1 Å². The number of nitrogens with zero attached hydrogens (tertiary/aromatic N) is 4. The van der Waals surface area contributed by atoms with Crippen molar-refractivity contribution < 1.29 is 27.1 Å².